The van der Waals surface area contributed by atoms with E-state index < -0.39 is 17.7 Å². The topological polar surface area (TPSA) is 59.1 Å². The minimum absolute atomic E-state index is 0.400. The Morgan fingerprint density at radius 2 is 1.83 bits per heavy atom. The number of hydrogen-bond donors (Lipinski definition) is 0. The third-order valence-electron chi connectivity index (χ3n) is 4.53. The van der Waals surface area contributed by atoms with E-state index in [0.29, 0.717) is 13.0 Å². The largest absolute Gasteiger partial charge is 0.443 e. The molecule has 0 atom stereocenters. The number of hydroxylamine groups is 2. The van der Waals surface area contributed by atoms with Gasteiger partial charge in [-0.15, -0.1) is 5.06 Å². The first-order chi connectivity index (χ1) is 11.1. The number of likely N-dealkylation sites (tertiary alicyclic amines) is 1. The fraction of sp³-hybridized carbons (Fsp3) is 0.529. The number of nitrogens with zero attached hydrogens (tertiary/aromatic N) is 2. The highest BCUT2D eigenvalue weighted by Gasteiger charge is 2.44. The number of piperidine rings is 1. The van der Waals surface area contributed by atoms with Crippen LogP contribution in [0.3, 0.4) is 0 Å². The summed E-state index contributed by atoms with van der Waals surface area (Å²) in [5.41, 5.74) is 0.895. The van der Waals surface area contributed by atoms with Crippen molar-refractivity contribution in [3.05, 3.63) is 35.9 Å². The molecule has 1 amide bonds. The van der Waals surface area contributed by atoms with E-state index in [1.54, 1.807) is 0 Å². The van der Waals surface area contributed by atoms with E-state index in [0.717, 1.165) is 37.5 Å². The summed E-state index contributed by atoms with van der Waals surface area (Å²) >= 11 is 0. The number of ether oxygens (including phenoxy) is 1. The van der Waals surface area contributed by atoms with Crippen molar-refractivity contribution in [3.63, 3.8) is 0 Å². The van der Waals surface area contributed by atoms with Crippen LogP contribution in [0.1, 0.15) is 31.7 Å². The number of rotatable bonds is 3. The lowest BCUT2D eigenvalue weighted by molar-refractivity contribution is -0.200. The van der Waals surface area contributed by atoms with E-state index in [2.05, 4.69) is 17.0 Å². The van der Waals surface area contributed by atoms with Gasteiger partial charge in [-0.05, 0) is 5.56 Å². The van der Waals surface area contributed by atoms with Crippen molar-refractivity contribution in [1.82, 2.24) is 9.96 Å². The Kier molecular flexibility index (Phi) is 4.52. The Bertz CT molecular complexity index is 567. The molecule has 0 saturated carbocycles. The molecular formula is C17H22N2O4. The quantitative estimate of drug-likeness (QED) is 0.856. The zero-order valence-electron chi connectivity index (χ0n) is 13.4. The molecule has 0 aliphatic carbocycles. The highest BCUT2D eigenvalue weighted by Crippen LogP contribution is 2.34. The van der Waals surface area contributed by atoms with Crippen LogP contribution in [0, 0.1) is 0 Å². The molecule has 0 radical (unpaired) electrons. The van der Waals surface area contributed by atoms with Crippen LogP contribution >= 0.6 is 0 Å². The van der Waals surface area contributed by atoms with Gasteiger partial charge in [-0.3, -0.25) is 9.69 Å². The van der Waals surface area contributed by atoms with Gasteiger partial charge in [-0.2, -0.15) is 0 Å². The Balaban J connectivity index is 1.52. The van der Waals surface area contributed by atoms with Crippen molar-refractivity contribution in [2.24, 2.45) is 0 Å². The molecule has 0 aromatic heterocycles. The fourth-order valence-electron chi connectivity index (χ4n) is 3.23. The van der Waals surface area contributed by atoms with Gasteiger partial charge < -0.3 is 9.57 Å². The molecule has 0 unspecified atom stereocenters. The van der Waals surface area contributed by atoms with Crippen molar-refractivity contribution in [1.29, 1.82) is 0 Å². The zero-order chi connectivity index (χ0) is 16.3. The van der Waals surface area contributed by atoms with Gasteiger partial charge in [-0.25, -0.2) is 4.79 Å². The third kappa shape index (κ3) is 3.82. The van der Waals surface area contributed by atoms with E-state index in [1.165, 1.54) is 12.5 Å². The van der Waals surface area contributed by atoms with Crippen LogP contribution in [0.25, 0.3) is 0 Å². The molecule has 2 saturated heterocycles. The Labute approximate surface area is 135 Å². The Morgan fingerprint density at radius 1 is 1.17 bits per heavy atom. The lowest BCUT2D eigenvalue weighted by Gasteiger charge is -2.45. The number of amides is 1. The molecule has 1 spiro atoms. The second-order valence-electron chi connectivity index (χ2n) is 6.25. The van der Waals surface area contributed by atoms with Crippen molar-refractivity contribution < 1.29 is 19.2 Å². The van der Waals surface area contributed by atoms with Crippen molar-refractivity contribution >= 4 is 12.1 Å². The predicted octanol–water partition coefficient (Wildman–Crippen LogP) is 2.34. The molecule has 2 aliphatic heterocycles. The van der Waals surface area contributed by atoms with E-state index >= 15 is 0 Å². The Hall–Kier alpha value is -2.08. The second kappa shape index (κ2) is 6.58. The SMILES string of the molecule is CC(=O)ON1CCC2(CCN(Cc3ccccc3)CC2)OC1=O. The molecule has 2 aliphatic rings. The minimum atomic E-state index is -0.553. The van der Waals surface area contributed by atoms with Crippen molar-refractivity contribution in [3.8, 4) is 0 Å². The molecule has 2 fully saturated rings. The number of benzene rings is 1. The molecule has 3 rings (SSSR count). The molecule has 1 aromatic rings. The summed E-state index contributed by atoms with van der Waals surface area (Å²) in [5.74, 6) is -0.504. The lowest BCUT2D eigenvalue weighted by Crippen LogP contribution is -2.54. The second-order valence-corrected chi connectivity index (χ2v) is 6.25. The van der Waals surface area contributed by atoms with Gasteiger partial charge in [0.2, 0.25) is 0 Å². The summed E-state index contributed by atoms with van der Waals surface area (Å²) in [4.78, 5) is 30.2. The molecule has 6 nitrogen and oxygen atoms in total. The minimum Gasteiger partial charge on any atom is -0.441 e. The normalized spacial score (nSPS) is 21.1. The van der Waals surface area contributed by atoms with Gasteiger partial charge in [0.05, 0.1) is 6.54 Å². The summed E-state index contributed by atoms with van der Waals surface area (Å²) in [7, 11) is 0. The maximum Gasteiger partial charge on any atom is 0.443 e. The van der Waals surface area contributed by atoms with Crippen LogP contribution in [-0.4, -0.2) is 47.3 Å². The molecular weight excluding hydrogens is 296 g/mol. The van der Waals surface area contributed by atoms with Gasteiger partial charge in [0.25, 0.3) is 0 Å². The monoisotopic (exact) mass is 318 g/mol. The van der Waals surface area contributed by atoms with Gasteiger partial charge in [0.15, 0.2) is 0 Å². The maximum absolute atomic E-state index is 12.0. The summed E-state index contributed by atoms with van der Waals surface area (Å²) < 4.78 is 5.61. The van der Waals surface area contributed by atoms with E-state index in [9.17, 15) is 9.59 Å². The van der Waals surface area contributed by atoms with Crippen LogP contribution in [0.5, 0.6) is 0 Å². The van der Waals surface area contributed by atoms with Gasteiger partial charge in [0.1, 0.15) is 5.60 Å². The van der Waals surface area contributed by atoms with Gasteiger partial charge in [0, 0.05) is 45.8 Å². The summed E-state index contributed by atoms with van der Waals surface area (Å²) in [6, 6.07) is 10.4. The maximum atomic E-state index is 12.0. The van der Waals surface area contributed by atoms with Crippen molar-refractivity contribution in [2.45, 2.75) is 38.3 Å². The van der Waals surface area contributed by atoms with Gasteiger partial charge in [-0.1, -0.05) is 30.3 Å². The first-order valence-corrected chi connectivity index (χ1v) is 8.02. The molecule has 124 valence electrons. The molecule has 1 aromatic carbocycles. The standard InChI is InChI=1S/C17H22N2O4/c1-14(20)23-19-12-9-17(22-16(19)21)7-10-18(11-8-17)13-15-5-3-2-4-6-15/h2-6H,7-13H2,1H3. The van der Waals surface area contributed by atoms with E-state index in [4.69, 9.17) is 9.57 Å². The summed E-state index contributed by atoms with van der Waals surface area (Å²) in [5, 5.41) is 1.02. The third-order valence-corrected chi connectivity index (χ3v) is 4.53. The fourth-order valence-corrected chi connectivity index (χ4v) is 3.23. The highest BCUT2D eigenvalue weighted by molar-refractivity contribution is 5.72. The van der Waals surface area contributed by atoms with Crippen LogP contribution in [0.4, 0.5) is 4.79 Å². The first-order valence-electron chi connectivity index (χ1n) is 8.02. The van der Waals surface area contributed by atoms with Crippen LogP contribution in [0.2, 0.25) is 0 Å². The van der Waals surface area contributed by atoms with E-state index in [-0.39, 0.29) is 0 Å². The zero-order valence-corrected chi connectivity index (χ0v) is 13.4. The van der Waals surface area contributed by atoms with Gasteiger partial charge >= 0.3 is 12.1 Å². The van der Waals surface area contributed by atoms with Crippen LogP contribution in [0.15, 0.2) is 30.3 Å². The number of carbonyl (C=O) groups is 2. The van der Waals surface area contributed by atoms with E-state index in [1.807, 2.05) is 18.2 Å². The molecule has 6 heteroatoms. The summed E-state index contributed by atoms with van der Waals surface area (Å²) in [6.07, 6.45) is 1.78. The molecule has 0 bridgehead atoms. The predicted molar refractivity (Wildman–Crippen MR) is 83.3 cm³/mol. The number of hydrogen-bond acceptors (Lipinski definition) is 5. The summed E-state index contributed by atoms with van der Waals surface area (Å²) in [6.45, 7) is 4.40. The van der Waals surface area contributed by atoms with Crippen LogP contribution in [-0.2, 0) is 20.9 Å². The average molecular weight is 318 g/mol. The molecule has 0 N–H and O–H groups in total. The average Bonchev–Trinajstić information content (AvgIpc) is 2.54. The van der Waals surface area contributed by atoms with Crippen molar-refractivity contribution in [2.75, 3.05) is 19.6 Å². The van der Waals surface area contributed by atoms with Crippen LogP contribution < -0.4 is 0 Å². The lowest BCUT2D eigenvalue weighted by atomic mass is 9.87. The Morgan fingerprint density at radius 3 is 2.43 bits per heavy atom. The molecule has 23 heavy (non-hydrogen) atoms. The first kappa shape index (κ1) is 15.8. The smallest absolute Gasteiger partial charge is 0.441 e. The number of carbonyl (C=O) groups excluding carboxylic acids is 2. The highest BCUT2D eigenvalue weighted by atomic mass is 16.8. The molecule has 2 heterocycles.